The van der Waals surface area contributed by atoms with Crippen LogP contribution in [-0.2, 0) is 0 Å². The van der Waals surface area contributed by atoms with Crippen molar-refractivity contribution in [3.63, 3.8) is 0 Å². The molecule has 1 aromatic rings. The number of allylic oxidation sites excluding steroid dienone is 6. The van der Waals surface area contributed by atoms with Crippen LogP contribution in [0.5, 0.6) is 0 Å². The lowest BCUT2D eigenvalue weighted by Gasteiger charge is -2.26. The highest BCUT2D eigenvalue weighted by molar-refractivity contribution is 5.69. The first-order valence-corrected chi connectivity index (χ1v) is 11.5. The average molecular weight is 393 g/mol. The molecule has 1 aliphatic rings. The van der Waals surface area contributed by atoms with E-state index in [0.717, 1.165) is 38.6 Å². The Balaban J connectivity index is 2.34. The Morgan fingerprint density at radius 2 is 1.86 bits per heavy atom. The van der Waals surface area contributed by atoms with Gasteiger partial charge in [0.25, 0.3) is 0 Å². The fraction of sp³-hybridized carbons (Fsp3) is 0.481. The van der Waals surface area contributed by atoms with E-state index in [1.807, 2.05) is 0 Å². The minimum Gasteiger partial charge on any atom is -0.386 e. The van der Waals surface area contributed by atoms with E-state index in [9.17, 15) is 0 Å². The lowest BCUT2D eigenvalue weighted by molar-refractivity contribution is 0.505. The fourth-order valence-corrected chi connectivity index (χ4v) is 4.05. The van der Waals surface area contributed by atoms with Crippen LogP contribution in [0.15, 0.2) is 65.9 Å². The standard InChI is InChI=1S/C27H40N2/c1-6-14-21(5)19-24(29-23(8-3)9-4)20-22(7-2)25-15-10-11-16-26(25)27-17-12-13-18-28-27/h10-17,19,22-23,28-29H,6-9,18,20H2,1-5H3/b21-14+,24-19-. The molecule has 0 fully saturated rings. The predicted molar refractivity (Wildman–Crippen MR) is 129 cm³/mol. The van der Waals surface area contributed by atoms with Gasteiger partial charge >= 0.3 is 0 Å². The second-order valence-electron chi connectivity index (χ2n) is 7.97. The summed E-state index contributed by atoms with van der Waals surface area (Å²) in [5.41, 5.74) is 6.74. The maximum Gasteiger partial charge on any atom is 0.0419 e. The summed E-state index contributed by atoms with van der Waals surface area (Å²) in [6.45, 7) is 12.2. The highest BCUT2D eigenvalue weighted by atomic mass is 14.9. The van der Waals surface area contributed by atoms with Gasteiger partial charge in [0, 0.05) is 29.5 Å². The molecule has 1 unspecified atom stereocenters. The number of benzene rings is 1. The Morgan fingerprint density at radius 3 is 2.48 bits per heavy atom. The molecule has 0 aromatic heterocycles. The molecule has 1 heterocycles. The molecule has 0 spiro atoms. The number of nitrogens with one attached hydrogen (secondary N) is 2. The van der Waals surface area contributed by atoms with E-state index in [-0.39, 0.29) is 0 Å². The minimum absolute atomic E-state index is 0.488. The van der Waals surface area contributed by atoms with Crippen LogP contribution >= 0.6 is 0 Å². The van der Waals surface area contributed by atoms with Gasteiger partial charge in [-0.25, -0.2) is 0 Å². The largest absolute Gasteiger partial charge is 0.386 e. The predicted octanol–water partition coefficient (Wildman–Crippen LogP) is 7.09. The summed E-state index contributed by atoms with van der Waals surface area (Å²) in [4.78, 5) is 0. The average Bonchev–Trinajstić information content (AvgIpc) is 2.76. The molecule has 1 aromatic carbocycles. The first-order chi connectivity index (χ1) is 14.1. The first-order valence-electron chi connectivity index (χ1n) is 11.5. The number of rotatable bonds is 11. The van der Waals surface area contributed by atoms with Gasteiger partial charge in [-0.05, 0) is 62.7 Å². The van der Waals surface area contributed by atoms with Crippen molar-refractivity contribution in [2.45, 2.75) is 78.7 Å². The number of dihydropyridines is 1. The van der Waals surface area contributed by atoms with Crippen LogP contribution in [0.2, 0.25) is 0 Å². The quantitative estimate of drug-likeness (QED) is 0.393. The van der Waals surface area contributed by atoms with Crippen LogP contribution in [0.3, 0.4) is 0 Å². The van der Waals surface area contributed by atoms with E-state index in [1.54, 1.807) is 0 Å². The molecular weight excluding hydrogens is 352 g/mol. The van der Waals surface area contributed by atoms with Crippen LogP contribution in [0.4, 0.5) is 0 Å². The molecule has 29 heavy (non-hydrogen) atoms. The molecule has 0 bridgehead atoms. The Kier molecular flexibility index (Phi) is 9.83. The van der Waals surface area contributed by atoms with Gasteiger partial charge < -0.3 is 10.6 Å². The zero-order chi connectivity index (χ0) is 21.1. The van der Waals surface area contributed by atoms with Crippen molar-refractivity contribution < 1.29 is 0 Å². The molecule has 1 atom stereocenters. The summed E-state index contributed by atoms with van der Waals surface area (Å²) in [7, 11) is 0. The SMILES string of the molecule is CC/C=C(C)/C=C(/CC(CC)c1ccccc1C1=CC=CCN1)NC(CC)CC. The molecular formula is C27H40N2. The highest BCUT2D eigenvalue weighted by Crippen LogP contribution is 2.32. The van der Waals surface area contributed by atoms with Crippen LogP contribution in [0.25, 0.3) is 5.70 Å². The zero-order valence-electron chi connectivity index (χ0n) is 19.1. The second-order valence-corrected chi connectivity index (χ2v) is 7.97. The maximum atomic E-state index is 3.86. The lowest BCUT2D eigenvalue weighted by Crippen LogP contribution is -2.28. The normalized spacial score (nSPS) is 15.9. The Labute approximate surface area is 178 Å². The zero-order valence-corrected chi connectivity index (χ0v) is 19.1. The summed E-state index contributed by atoms with van der Waals surface area (Å²) in [5.74, 6) is 0.488. The third kappa shape index (κ3) is 6.96. The van der Waals surface area contributed by atoms with Crippen molar-refractivity contribution in [1.82, 2.24) is 10.6 Å². The minimum atomic E-state index is 0.488. The molecule has 2 rings (SSSR count). The van der Waals surface area contributed by atoms with E-state index in [0.29, 0.717) is 12.0 Å². The molecule has 0 saturated heterocycles. The molecule has 0 saturated carbocycles. The van der Waals surface area contributed by atoms with Crippen molar-refractivity contribution in [2.75, 3.05) is 6.54 Å². The molecule has 2 heteroatoms. The summed E-state index contributed by atoms with van der Waals surface area (Å²) < 4.78 is 0. The summed E-state index contributed by atoms with van der Waals surface area (Å²) in [6.07, 6.45) is 16.7. The van der Waals surface area contributed by atoms with Gasteiger partial charge in [-0.1, -0.05) is 75.8 Å². The lowest BCUT2D eigenvalue weighted by atomic mass is 9.86. The van der Waals surface area contributed by atoms with Gasteiger partial charge in [0.15, 0.2) is 0 Å². The Bertz CT molecular complexity index is 748. The van der Waals surface area contributed by atoms with Crippen molar-refractivity contribution in [3.05, 3.63) is 77.0 Å². The monoisotopic (exact) mass is 392 g/mol. The van der Waals surface area contributed by atoms with Crippen molar-refractivity contribution in [3.8, 4) is 0 Å². The maximum absolute atomic E-state index is 3.86. The van der Waals surface area contributed by atoms with Gasteiger partial charge in [-0.15, -0.1) is 0 Å². The topological polar surface area (TPSA) is 24.1 Å². The van der Waals surface area contributed by atoms with Crippen molar-refractivity contribution in [1.29, 1.82) is 0 Å². The first kappa shape index (κ1) is 23.1. The third-order valence-corrected chi connectivity index (χ3v) is 5.76. The van der Waals surface area contributed by atoms with E-state index in [4.69, 9.17) is 0 Å². The Morgan fingerprint density at radius 1 is 1.10 bits per heavy atom. The van der Waals surface area contributed by atoms with Crippen molar-refractivity contribution >= 4 is 5.70 Å². The summed E-state index contributed by atoms with van der Waals surface area (Å²) >= 11 is 0. The van der Waals surface area contributed by atoms with Crippen LogP contribution in [0.1, 0.15) is 83.8 Å². The molecule has 158 valence electrons. The molecule has 2 nitrogen and oxygen atoms in total. The van der Waals surface area contributed by atoms with Gasteiger partial charge in [0.2, 0.25) is 0 Å². The van der Waals surface area contributed by atoms with E-state index < -0.39 is 0 Å². The molecule has 0 aliphatic carbocycles. The van der Waals surface area contributed by atoms with E-state index >= 15 is 0 Å². The third-order valence-electron chi connectivity index (χ3n) is 5.76. The smallest absolute Gasteiger partial charge is 0.0419 e. The van der Waals surface area contributed by atoms with Gasteiger partial charge in [-0.2, -0.15) is 0 Å². The van der Waals surface area contributed by atoms with Crippen LogP contribution in [0, 0.1) is 0 Å². The van der Waals surface area contributed by atoms with Gasteiger partial charge in [0.1, 0.15) is 0 Å². The Hall–Kier alpha value is -2.22. The van der Waals surface area contributed by atoms with Crippen LogP contribution < -0.4 is 10.6 Å². The van der Waals surface area contributed by atoms with E-state index in [1.165, 1.54) is 28.1 Å². The molecule has 2 N–H and O–H groups in total. The van der Waals surface area contributed by atoms with Crippen LogP contribution in [-0.4, -0.2) is 12.6 Å². The van der Waals surface area contributed by atoms with E-state index in [2.05, 4.69) is 99.9 Å². The molecule has 1 aliphatic heterocycles. The molecule has 0 amide bonds. The summed E-state index contributed by atoms with van der Waals surface area (Å²) in [6, 6.07) is 9.45. The molecule has 0 radical (unpaired) electrons. The second kappa shape index (κ2) is 12.4. The fourth-order valence-electron chi connectivity index (χ4n) is 4.05. The highest BCUT2D eigenvalue weighted by Gasteiger charge is 2.18. The number of hydrogen-bond acceptors (Lipinski definition) is 2. The van der Waals surface area contributed by atoms with Crippen molar-refractivity contribution in [2.24, 2.45) is 0 Å². The summed E-state index contributed by atoms with van der Waals surface area (Å²) in [5, 5.41) is 7.40. The number of hydrogen-bond donors (Lipinski definition) is 2. The van der Waals surface area contributed by atoms with Gasteiger partial charge in [-0.3, -0.25) is 0 Å². The van der Waals surface area contributed by atoms with Gasteiger partial charge in [0.05, 0.1) is 0 Å².